The minimum Gasteiger partial charge on any atom is -0.347 e. The van der Waals surface area contributed by atoms with Gasteiger partial charge in [-0.2, -0.15) is 5.26 Å². The van der Waals surface area contributed by atoms with E-state index < -0.39 is 5.91 Å². The molecule has 0 aliphatic carbocycles. The molecular formula is C16H12BrN3O. The maximum atomic E-state index is 12.0. The van der Waals surface area contributed by atoms with E-state index in [0.717, 1.165) is 15.6 Å². The second-order valence-corrected chi connectivity index (χ2v) is 5.18. The van der Waals surface area contributed by atoms with Crippen molar-refractivity contribution in [3.8, 4) is 6.07 Å². The summed E-state index contributed by atoms with van der Waals surface area (Å²) in [7, 11) is 0. The van der Waals surface area contributed by atoms with Crippen LogP contribution in [-0.2, 0) is 11.3 Å². The number of nitrogens with one attached hydrogen (secondary N) is 1. The molecule has 0 unspecified atom stereocenters. The number of aromatic nitrogens is 1. The van der Waals surface area contributed by atoms with Gasteiger partial charge in [-0.05, 0) is 35.4 Å². The van der Waals surface area contributed by atoms with Crippen molar-refractivity contribution in [3.05, 3.63) is 70.0 Å². The first-order chi connectivity index (χ1) is 10.2. The molecule has 0 bridgehead atoms. The van der Waals surface area contributed by atoms with Crippen LogP contribution in [0.15, 0.2) is 58.8 Å². The summed E-state index contributed by atoms with van der Waals surface area (Å²) in [4.78, 5) is 16.0. The van der Waals surface area contributed by atoms with E-state index in [1.54, 1.807) is 24.5 Å². The summed E-state index contributed by atoms with van der Waals surface area (Å²) in [6.07, 6.45) is 4.90. The van der Waals surface area contributed by atoms with Gasteiger partial charge in [0, 0.05) is 23.4 Å². The number of pyridine rings is 1. The second kappa shape index (κ2) is 7.36. The lowest BCUT2D eigenvalue weighted by Crippen LogP contribution is -2.23. The van der Waals surface area contributed by atoms with Crippen molar-refractivity contribution in [2.45, 2.75) is 6.54 Å². The van der Waals surface area contributed by atoms with E-state index in [2.05, 4.69) is 26.2 Å². The fourth-order valence-electron chi connectivity index (χ4n) is 1.69. The van der Waals surface area contributed by atoms with E-state index in [0.29, 0.717) is 6.54 Å². The fourth-order valence-corrected chi connectivity index (χ4v) is 2.11. The van der Waals surface area contributed by atoms with Crippen LogP contribution in [0.3, 0.4) is 0 Å². The van der Waals surface area contributed by atoms with E-state index in [-0.39, 0.29) is 5.57 Å². The maximum Gasteiger partial charge on any atom is 0.262 e. The van der Waals surface area contributed by atoms with Crippen LogP contribution in [0.25, 0.3) is 6.08 Å². The monoisotopic (exact) mass is 341 g/mol. The van der Waals surface area contributed by atoms with Crippen molar-refractivity contribution < 1.29 is 4.79 Å². The molecule has 2 aromatic rings. The number of benzene rings is 1. The molecule has 0 saturated heterocycles. The highest BCUT2D eigenvalue weighted by atomic mass is 79.9. The molecule has 1 aromatic carbocycles. The third-order valence-electron chi connectivity index (χ3n) is 2.70. The Balaban J connectivity index is 2.07. The smallest absolute Gasteiger partial charge is 0.262 e. The third-order valence-corrected chi connectivity index (χ3v) is 3.19. The summed E-state index contributed by atoms with van der Waals surface area (Å²) >= 11 is 3.35. The Morgan fingerprint density at radius 2 is 2.24 bits per heavy atom. The van der Waals surface area contributed by atoms with Crippen LogP contribution < -0.4 is 5.32 Å². The highest BCUT2D eigenvalue weighted by Crippen LogP contribution is 2.14. The Kier molecular flexibility index (Phi) is 5.24. The molecule has 4 nitrogen and oxygen atoms in total. The first-order valence-electron chi connectivity index (χ1n) is 6.23. The molecule has 21 heavy (non-hydrogen) atoms. The number of nitriles is 1. The lowest BCUT2D eigenvalue weighted by molar-refractivity contribution is -0.117. The lowest BCUT2D eigenvalue weighted by atomic mass is 10.1. The minimum atomic E-state index is -0.402. The first kappa shape index (κ1) is 14.9. The molecule has 0 atom stereocenters. The highest BCUT2D eigenvalue weighted by Gasteiger charge is 2.08. The quantitative estimate of drug-likeness (QED) is 0.686. The molecule has 0 aliphatic heterocycles. The van der Waals surface area contributed by atoms with Crippen molar-refractivity contribution in [2.24, 2.45) is 0 Å². The van der Waals surface area contributed by atoms with Crippen LogP contribution in [-0.4, -0.2) is 10.9 Å². The molecule has 0 aliphatic rings. The molecular weight excluding hydrogens is 330 g/mol. The van der Waals surface area contributed by atoms with Crippen LogP contribution in [0.4, 0.5) is 0 Å². The topological polar surface area (TPSA) is 65.8 Å². The SMILES string of the molecule is N#C/C(=C\c1cccc(Br)c1)C(=O)NCc1cccnc1. The van der Waals surface area contributed by atoms with Gasteiger partial charge in [-0.3, -0.25) is 9.78 Å². The van der Waals surface area contributed by atoms with Crippen LogP contribution in [0.2, 0.25) is 0 Å². The van der Waals surface area contributed by atoms with Gasteiger partial charge in [0.25, 0.3) is 5.91 Å². The van der Waals surface area contributed by atoms with Gasteiger partial charge in [-0.1, -0.05) is 34.1 Å². The predicted molar refractivity (Wildman–Crippen MR) is 83.8 cm³/mol. The maximum absolute atomic E-state index is 12.0. The van der Waals surface area contributed by atoms with Crippen LogP contribution in [0.5, 0.6) is 0 Å². The molecule has 0 radical (unpaired) electrons. The van der Waals surface area contributed by atoms with E-state index in [1.165, 1.54) is 0 Å². The third kappa shape index (κ3) is 4.55. The molecule has 1 heterocycles. The minimum absolute atomic E-state index is 0.0667. The zero-order chi connectivity index (χ0) is 15.1. The van der Waals surface area contributed by atoms with Gasteiger partial charge in [0.1, 0.15) is 11.6 Å². The van der Waals surface area contributed by atoms with Gasteiger partial charge in [-0.25, -0.2) is 0 Å². The van der Waals surface area contributed by atoms with Crippen molar-refractivity contribution in [2.75, 3.05) is 0 Å². The van der Waals surface area contributed by atoms with Crippen LogP contribution >= 0.6 is 15.9 Å². The standard InChI is InChI=1S/C16H12BrN3O/c17-15-5-1-3-12(8-15)7-14(9-18)16(21)20-11-13-4-2-6-19-10-13/h1-8,10H,11H2,(H,20,21)/b14-7+. The Bertz CT molecular complexity index is 705. The normalized spacial score (nSPS) is 10.8. The zero-order valence-corrected chi connectivity index (χ0v) is 12.7. The Morgan fingerprint density at radius 1 is 1.38 bits per heavy atom. The average Bonchev–Trinajstić information content (AvgIpc) is 2.51. The average molecular weight is 342 g/mol. The number of carbonyl (C=O) groups excluding carboxylic acids is 1. The van der Waals surface area contributed by atoms with E-state index in [9.17, 15) is 4.79 Å². The van der Waals surface area contributed by atoms with Crippen molar-refractivity contribution >= 4 is 27.9 Å². The summed E-state index contributed by atoms with van der Waals surface area (Å²) in [5.41, 5.74) is 1.74. The first-order valence-corrected chi connectivity index (χ1v) is 7.03. The second-order valence-electron chi connectivity index (χ2n) is 4.27. The Hall–Kier alpha value is -2.45. The summed E-state index contributed by atoms with van der Waals surface area (Å²) in [5.74, 6) is -0.402. The van der Waals surface area contributed by atoms with E-state index in [4.69, 9.17) is 5.26 Å². The van der Waals surface area contributed by atoms with Crippen molar-refractivity contribution in [1.82, 2.24) is 10.3 Å². The molecule has 1 N–H and O–H groups in total. The Morgan fingerprint density at radius 3 is 2.90 bits per heavy atom. The molecule has 104 valence electrons. The summed E-state index contributed by atoms with van der Waals surface area (Å²) in [6, 6.07) is 13.0. The molecule has 1 aromatic heterocycles. The molecule has 5 heteroatoms. The summed E-state index contributed by atoms with van der Waals surface area (Å²) < 4.78 is 0.893. The molecule has 0 fully saturated rings. The van der Waals surface area contributed by atoms with Crippen LogP contribution in [0, 0.1) is 11.3 Å². The zero-order valence-electron chi connectivity index (χ0n) is 11.1. The number of hydrogen-bond donors (Lipinski definition) is 1. The predicted octanol–water partition coefficient (Wildman–Crippen LogP) is 3.07. The highest BCUT2D eigenvalue weighted by molar-refractivity contribution is 9.10. The molecule has 2 rings (SSSR count). The van der Waals surface area contributed by atoms with Gasteiger partial charge < -0.3 is 5.32 Å². The molecule has 0 saturated carbocycles. The van der Waals surface area contributed by atoms with Gasteiger partial charge >= 0.3 is 0 Å². The summed E-state index contributed by atoms with van der Waals surface area (Å²) in [5, 5.41) is 11.8. The van der Waals surface area contributed by atoms with E-state index >= 15 is 0 Å². The Labute approximate surface area is 131 Å². The lowest BCUT2D eigenvalue weighted by Gasteiger charge is -2.04. The van der Waals surface area contributed by atoms with Crippen LogP contribution in [0.1, 0.15) is 11.1 Å². The number of carbonyl (C=O) groups is 1. The largest absolute Gasteiger partial charge is 0.347 e. The summed E-state index contributed by atoms with van der Waals surface area (Å²) in [6.45, 7) is 0.337. The number of nitrogens with zero attached hydrogens (tertiary/aromatic N) is 2. The van der Waals surface area contributed by atoms with Gasteiger partial charge in [0.15, 0.2) is 0 Å². The van der Waals surface area contributed by atoms with Gasteiger partial charge in [0.2, 0.25) is 0 Å². The van der Waals surface area contributed by atoms with Gasteiger partial charge in [-0.15, -0.1) is 0 Å². The number of amides is 1. The van der Waals surface area contributed by atoms with Crippen molar-refractivity contribution in [1.29, 1.82) is 5.26 Å². The fraction of sp³-hybridized carbons (Fsp3) is 0.0625. The van der Waals surface area contributed by atoms with Crippen molar-refractivity contribution in [3.63, 3.8) is 0 Å². The molecule has 0 spiro atoms. The number of hydrogen-bond acceptors (Lipinski definition) is 3. The van der Waals surface area contributed by atoms with E-state index in [1.807, 2.05) is 36.4 Å². The number of halogens is 1. The number of rotatable bonds is 4. The van der Waals surface area contributed by atoms with Gasteiger partial charge in [0.05, 0.1) is 0 Å². The molecule has 1 amide bonds.